The molecule has 42 heavy (non-hydrogen) atoms. The lowest BCUT2D eigenvalue weighted by atomic mass is 9.39. The van der Waals surface area contributed by atoms with E-state index in [1.54, 1.807) is 13.0 Å². The molecule has 0 radical (unpaired) electrons. The zero-order chi connectivity index (χ0) is 30.4. The van der Waals surface area contributed by atoms with Gasteiger partial charge in [-0.05, 0) is 51.2 Å². The molecule has 0 amide bonds. The molecule has 2 saturated heterocycles. The van der Waals surface area contributed by atoms with Crippen LogP contribution in [0.1, 0.15) is 67.7 Å². The summed E-state index contributed by atoms with van der Waals surface area (Å²) in [5.74, 6) is -1.66. The number of cyclic esters (lactones) is 1. The van der Waals surface area contributed by atoms with E-state index < -0.39 is 52.6 Å². The molecule has 4 fully saturated rings. The molecule has 3 heterocycles. The third-order valence-electron chi connectivity index (χ3n) is 12.0. The molecule has 0 aromatic carbocycles. The fraction of sp³-hybridized carbons (Fsp3) is 0.727. The zero-order valence-electron chi connectivity index (χ0n) is 25.7. The lowest BCUT2D eigenvalue weighted by molar-refractivity contribution is -0.253. The van der Waals surface area contributed by atoms with Crippen LogP contribution in [-0.4, -0.2) is 73.4 Å². The van der Waals surface area contributed by atoms with Gasteiger partial charge >= 0.3 is 17.9 Å². The number of rotatable bonds is 4. The van der Waals surface area contributed by atoms with E-state index in [1.165, 1.54) is 6.92 Å². The summed E-state index contributed by atoms with van der Waals surface area (Å²) in [7, 11) is 0. The van der Waals surface area contributed by atoms with Gasteiger partial charge in [-0.1, -0.05) is 32.4 Å². The van der Waals surface area contributed by atoms with Crippen molar-refractivity contribution in [2.75, 3.05) is 19.8 Å². The van der Waals surface area contributed by atoms with E-state index in [2.05, 4.69) is 27.7 Å². The Labute approximate surface area is 247 Å². The molecular weight excluding hydrogens is 540 g/mol. The third kappa shape index (κ3) is 3.88. The molecule has 0 aromatic heterocycles. The molecule has 3 aliphatic carbocycles. The second-order valence-electron chi connectivity index (χ2n) is 13.9. The van der Waals surface area contributed by atoms with Gasteiger partial charge in [-0.15, -0.1) is 0 Å². The summed E-state index contributed by atoms with van der Waals surface area (Å²) in [5, 5.41) is 12.0. The molecule has 230 valence electrons. The number of carbonyl (C=O) groups is 3. The molecule has 0 aromatic rings. The van der Waals surface area contributed by atoms with E-state index in [-0.39, 0.29) is 36.4 Å². The lowest BCUT2D eigenvalue weighted by Crippen LogP contribution is -2.71. The Kier molecular flexibility index (Phi) is 7.06. The van der Waals surface area contributed by atoms with E-state index in [1.807, 2.05) is 13.0 Å². The van der Waals surface area contributed by atoms with Gasteiger partial charge in [0.1, 0.15) is 18.8 Å². The largest absolute Gasteiger partial charge is 0.462 e. The average Bonchev–Trinajstić information content (AvgIpc) is 3.58. The maximum atomic E-state index is 13.5. The van der Waals surface area contributed by atoms with Crippen LogP contribution in [0.5, 0.6) is 0 Å². The highest BCUT2D eigenvalue weighted by molar-refractivity contribution is 5.92. The van der Waals surface area contributed by atoms with E-state index in [0.29, 0.717) is 43.6 Å². The van der Waals surface area contributed by atoms with Gasteiger partial charge in [0.25, 0.3) is 0 Å². The molecule has 9 heteroatoms. The van der Waals surface area contributed by atoms with Crippen LogP contribution in [0.2, 0.25) is 0 Å². The minimum atomic E-state index is -0.787. The zero-order valence-corrected chi connectivity index (χ0v) is 25.7. The smallest absolute Gasteiger partial charge is 0.334 e. The Balaban J connectivity index is 1.55. The highest BCUT2D eigenvalue weighted by Crippen LogP contribution is 2.72. The summed E-state index contributed by atoms with van der Waals surface area (Å²) in [6.45, 7) is 14.4. The molecule has 2 saturated carbocycles. The van der Waals surface area contributed by atoms with Gasteiger partial charge in [-0.25, -0.2) is 9.59 Å². The van der Waals surface area contributed by atoms with Crippen LogP contribution in [-0.2, 0) is 38.1 Å². The molecule has 9 nitrogen and oxygen atoms in total. The summed E-state index contributed by atoms with van der Waals surface area (Å²) < 4.78 is 30.8. The molecule has 6 rings (SSSR count). The van der Waals surface area contributed by atoms with E-state index in [4.69, 9.17) is 23.7 Å². The van der Waals surface area contributed by atoms with Gasteiger partial charge in [0.05, 0.1) is 24.9 Å². The van der Waals surface area contributed by atoms with Gasteiger partial charge in [-0.3, -0.25) is 4.79 Å². The first kappa shape index (κ1) is 29.6. The first-order valence-corrected chi connectivity index (χ1v) is 15.3. The fourth-order valence-corrected chi connectivity index (χ4v) is 10.1. The summed E-state index contributed by atoms with van der Waals surface area (Å²) in [5.41, 5.74) is 1.23. The van der Waals surface area contributed by atoms with E-state index in [9.17, 15) is 19.5 Å². The fourth-order valence-electron chi connectivity index (χ4n) is 10.1. The number of ether oxygens (including phenoxy) is 5. The Bertz CT molecular complexity index is 1300. The predicted molar refractivity (Wildman–Crippen MR) is 151 cm³/mol. The Morgan fingerprint density at radius 1 is 1.12 bits per heavy atom. The lowest BCUT2D eigenvalue weighted by Gasteiger charge is -2.66. The van der Waals surface area contributed by atoms with Gasteiger partial charge in [0, 0.05) is 59.2 Å². The number of aliphatic hydroxyl groups is 1. The van der Waals surface area contributed by atoms with E-state index in [0.717, 1.165) is 11.1 Å². The number of esters is 3. The molecule has 0 bridgehead atoms. The van der Waals surface area contributed by atoms with Crippen molar-refractivity contribution in [3.63, 3.8) is 0 Å². The average molecular weight is 585 g/mol. The molecule has 0 spiro atoms. The summed E-state index contributed by atoms with van der Waals surface area (Å²) >= 11 is 0. The number of hydrogen-bond donors (Lipinski definition) is 1. The van der Waals surface area contributed by atoms with Crippen LogP contribution >= 0.6 is 0 Å². The SMILES string of the molecule is C/C=C(\C)C(=O)O[C@@H]1[C@@H]2OC[C@]3(C)[C@H](OC(C)=O)C[C@H](O)[C@@](C)([C@@H]23)[C@H]2CCO[C@H]3C[C@H](C4=CCOC4=O)C(C)=C3[C@]12C. The van der Waals surface area contributed by atoms with Crippen LogP contribution in [0.25, 0.3) is 0 Å². The second kappa shape index (κ2) is 10.0. The van der Waals surface area contributed by atoms with Crippen molar-refractivity contribution in [1.29, 1.82) is 0 Å². The molecule has 1 N–H and O–H groups in total. The van der Waals surface area contributed by atoms with Crippen LogP contribution in [0, 0.1) is 34.0 Å². The highest BCUT2D eigenvalue weighted by atomic mass is 16.6. The Hall–Kier alpha value is -2.49. The normalized spacial score (nSPS) is 46.2. The van der Waals surface area contributed by atoms with Crippen LogP contribution < -0.4 is 0 Å². The minimum Gasteiger partial charge on any atom is -0.462 e. The van der Waals surface area contributed by atoms with Crippen molar-refractivity contribution < 1.29 is 43.2 Å². The maximum Gasteiger partial charge on any atom is 0.334 e. The first-order valence-electron chi connectivity index (χ1n) is 15.3. The van der Waals surface area contributed by atoms with Gasteiger partial charge in [0.15, 0.2) is 0 Å². The van der Waals surface area contributed by atoms with Crippen molar-refractivity contribution in [2.45, 2.75) is 98.2 Å². The molecule has 0 unspecified atom stereocenters. The van der Waals surface area contributed by atoms with Gasteiger partial charge < -0.3 is 28.8 Å². The number of hydrogen-bond acceptors (Lipinski definition) is 9. The van der Waals surface area contributed by atoms with Crippen LogP contribution in [0.4, 0.5) is 0 Å². The topological polar surface area (TPSA) is 118 Å². The van der Waals surface area contributed by atoms with Crippen molar-refractivity contribution in [2.24, 2.45) is 34.0 Å². The van der Waals surface area contributed by atoms with Crippen molar-refractivity contribution in [1.82, 2.24) is 0 Å². The quantitative estimate of drug-likeness (QED) is 0.228. The van der Waals surface area contributed by atoms with E-state index >= 15 is 0 Å². The monoisotopic (exact) mass is 584 g/mol. The number of allylic oxidation sites excluding steroid dienone is 2. The third-order valence-corrected chi connectivity index (χ3v) is 12.0. The van der Waals surface area contributed by atoms with Crippen molar-refractivity contribution in [3.05, 3.63) is 34.4 Å². The number of carbonyl (C=O) groups excluding carboxylic acids is 3. The Morgan fingerprint density at radius 3 is 2.50 bits per heavy atom. The van der Waals surface area contributed by atoms with Crippen molar-refractivity contribution >= 4 is 17.9 Å². The summed E-state index contributed by atoms with van der Waals surface area (Å²) in [4.78, 5) is 38.4. The summed E-state index contributed by atoms with van der Waals surface area (Å²) in [6.07, 6.45) is 2.34. The number of aliphatic hydroxyl groups excluding tert-OH is 1. The van der Waals surface area contributed by atoms with Gasteiger partial charge in [0.2, 0.25) is 0 Å². The summed E-state index contributed by atoms with van der Waals surface area (Å²) in [6, 6.07) is 0. The maximum absolute atomic E-state index is 13.5. The highest BCUT2D eigenvalue weighted by Gasteiger charge is 2.76. The van der Waals surface area contributed by atoms with Crippen LogP contribution in [0.15, 0.2) is 34.4 Å². The minimum absolute atomic E-state index is 0.150. The molecule has 11 atom stereocenters. The molecule has 3 aliphatic heterocycles. The van der Waals surface area contributed by atoms with Crippen molar-refractivity contribution in [3.8, 4) is 0 Å². The first-order chi connectivity index (χ1) is 19.8. The predicted octanol–water partition coefficient (Wildman–Crippen LogP) is 3.83. The second-order valence-corrected chi connectivity index (χ2v) is 13.9. The molecule has 6 aliphatic rings. The Morgan fingerprint density at radius 2 is 1.86 bits per heavy atom. The molecular formula is C33H44O9. The standard InChI is InChI=1S/C33H44O9/c1-8-16(2)29(36)42-28-26-27-31(5,15-40-26)24(41-18(4)34)14-23(35)32(27,6)22-10-12-38-21-13-20(19-9-11-39-30(19)37)17(3)25(21)33(22,28)7/h8-9,20-24,26-28,35H,10-15H2,1-7H3/b16-8+/t20-,21-,22+,23-,24+,26+,27-,28+,31+,32-,33+/m0/s1. The van der Waals surface area contributed by atoms with Gasteiger partial charge in [-0.2, -0.15) is 0 Å². The van der Waals surface area contributed by atoms with Crippen LogP contribution in [0.3, 0.4) is 0 Å². The number of fused-ring (bicyclic) bond motifs is 4.